The van der Waals surface area contributed by atoms with E-state index in [0.717, 1.165) is 23.0 Å². The first-order chi connectivity index (χ1) is 13.9. The van der Waals surface area contributed by atoms with Crippen LogP contribution in [0.5, 0.6) is 11.5 Å². The first kappa shape index (κ1) is 22.0. The Morgan fingerprint density at radius 2 is 1.80 bits per heavy atom. The molecule has 30 heavy (non-hydrogen) atoms. The number of hydrogen-bond acceptors (Lipinski definition) is 5. The van der Waals surface area contributed by atoms with Gasteiger partial charge in [0.05, 0.1) is 16.7 Å². The van der Waals surface area contributed by atoms with Gasteiger partial charge in [-0.25, -0.2) is 4.98 Å². The molecule has 3 aromatic rings. The predicted molar refractivity (Wildman–Crippen MR) is 92.9 cm³/mol. The molecular weight excluding hydrogens is 443 g/mol. The number of alkyl halides is 7. The average molecular weight is 455 g/mol. The van der Waals surface area contributed by atoms with E-state index in [1.807, 2.05) is 13.0 Å². The fourth-order valence-electron chi connectivity index (χ4n) is 2.34. The van der Waals surface area contributed by atoms with Crippen molar-refractivity contribution in [2.75, 3.05) is 0 Å². The van der Waals surface area contributed by atoms with Crippen LogP contribution in [0.4, 0.5) is 30.7 Å². The molecule has 0 amide bonds. The van der Waals surface area contributed by atoms with Crippen LogP contribution in [0.3, 0.4) is 0 Å². The van der Waals surface area contributed by atoms with Crippen molar-refractivity contribution in [1.29, 1.82) is 0 Å². The zero-order valence-electron chi connectivity index (χ0n) is 14.9. The van der Waals surface area contributed by atoms with Gasteiger partial charge in [-0.3, -0.25) is 4.98 Å². The lowest BCUT2D eigenvalue weighted by Gasteiger charge is -2.19. The van der Waals surface area contributed by atoms with Crippen LogP contribution in [0, 0.1) is 6.92 Å². The van der Waals surface area contributed by atoms with Crippen LogP contribution in [0.25, 0.3) is 11.0 Å². The Bertz CT molecular complexity index is 1040. The van der Waals surface area contributed by atoms with E-state index < -0.39 is 30.4 Å². The monoisotopic (exact) mass is 455 g/mol. The molecule has 0 atom stereocenters. The molecule has 5 nitrogen and oxygen atoms in total. The summed E-state index contributed by atoms with van der Waals surface area (Å²) in [4.78, 5) is 11.0. The number of imidazole rings is 1. The quantitative estimate of drug-likeness (QED) is 0.366. The highest BCUT2D eigenvalue weighted by Crippen LogP contribution is 2.40. The lowest BCUT2D eigenvalue weighted by atomic mass is 10.2. The van der Waals surface area contributed by atoms with Crippen LogP contribution in [0.2, 0.25) is 0 Å². The SMILES string of the molecule is Cc1cccnc1CSc1nc2cc(OC(F)(F)C(F)F)c(OC(F)(F)F)cc2[nH]1. The van der Waals surface area contributed by atoms with E-state index in [4.69, 9.17) is 0 Å². The first-order valence-electron chi connectivity index (χ1n) is 8.12. The number of benzene rings is 1. The lowest BCUT2D eigenvalue weighted by molar-refractivity contribution is -0.279. The molecule has 162 valence electrons. The maximum absolute atomic E-state index is 13.2. The second kappa shape index (κ2) is 8.20. The Morgan fingerprint density at radius 1 is 1.10 bits per heavy atom. The first-order valence-corrected chi connectivity index (χ1v) is 9.11. The largest absolute Gasteiger partial charge is 0.573 e. The summed E-state index contributed by atoms with van der Waals surface area (Å²) in [7, 11) is 0. The second-order valence-corrected chi connectivity index (χ2v) is 6.89. The number of halogens is 7. The van der Waals surface area contributed by atoms with Gasteiger partial charge in [0.15, 0.2) is 16.7 Å². The van der Waals surface area contributed by atoms with Gasteiger partial charge in [0.1, 0.15) is 0 Å². The van der Waals surface area contributed by atoms with Crippen molar-refractivity contribution in [1.82, 2.24) is 15.0 Å². The van der Waals surface area contributed by atoms with Crippen LogP contribution < -0.4 is 9.47 Å². The Labute approximate surface area is 168 Å². The number of ether oxygens (including phenoxy) is 2. The van der Waals surface area contributed by atoms with Crippen LogP contribution in [0.1, 0.15) is 11.3 Å². The number of H-pyrrole nitrogens is 1. The Morgan fingerprint density at radius 3 is 2.43 bits per heavy atom. The molecule has 0 spiro atoms. The maximum Gasteiger partial charge on any atom is 0.573 e. The molecule has 2 heterocycles. The zero-order chi connectivity index (χ0) is 22.1. The van der Waals surface area contributed by atoms with Crippen molar-refractivity contribution in [3.63, 3.8) is 0 Å². The van der Waals surface area contributed by atoms with Crippen molar-refractivity contribution in [2.24, 2.45) is 0 Å². The number of nitrogens with one attached hydrogen (secondary N) is 1. The van der Waals surface area contributed by atoms with Crippen molar-refractivity contribution in [2.45, 2.75) is 36.7 Å². The Balaban J connectivity index is 1.92. The number of aromatic amines is 1. The highest BCUT2D eigenvalue weighted by molar-refractivity contribution is 7.98. The van der Waals surface area contributed by atoms with E-state index in [0.29, 0.717) is 17.9 Å². The highest BCUT2D eigenvalue weighted by atomic mass is 32.2. The molecule has 3 rings (SSSR count). The summed E-state index contributed by atoms with van der Waals surface area (Å²) in [6, 6.07) is 4.96. The minimum atomic E-state index is -5.26. The standard InChI is InChI=1S/C17H12F7N3O2S/c1-8-3-2-4-25-11(8)7-30-15-26-9-5-12(28-16(20,21)14(18)19)13(6-10(9)27-15)29-17(22,23)24/h2-6,14H,7H2,1H3,(H,26,27). The summed E-state index contributed by atoms with van der Waals surface area (Å²) in [5, 5.41) is 0.241. The summed E-state index contributed by atoms with van der Waals surface area (Å²) in [5.41, 5.74) is 1.57. The molecule has 0 fully saturated rings. The number of hydrogen-bond donors (Lipinski definition) is 1. The van der Waals surface area contributed by atoms with Crippen LogP contribution in [-0.4, -0.2) is 33.8 Å². The molecule has 0 saturated carbocycles. The van der Waals surface area contributed by atoms with E-state index >= 15 is 0 Å². The van der Waals surface area contributed by atoms with E-state index in [9.17, 15) is 30.7 Å². The number of aromatic nitrogens is 3. The number of rotatable bonds is 7. The molecule has 13 heteroatoms. The van der Waals surface area contributed by atoms with Gasteiger partial charge in [-0.05, 0) is 18.6 Å². The molecule has 0 aliphatic rings. The van der Waals surface area contributed by atoms with Gasteiger partial charge in [0.2, 0.25) is 0 Å². The van der Waals surface area contributed by atoms with Crippen LogP contribution >= 0.6 is 11.8 Å². The summed E-state index contributed by atoms with van der Waals surface area (Å²) in [5.74, 6) is -2.07. The third-order valence-corrected chi connectivity index (χ3v) is 4.60. The molecule has 1 N–H and O–H groups in total. The summed E-state index contributed by atoms with van der Waals surface area (Å²) < 4.78 is 96.6. The molecular formula is C17H12F7N3O2S. The number of nitrogens with zero attached hydrogens (tertiary/aromatic N) is 2. The normalized spacial score (nSPS) is 12.6. The van der Waals surface area contributed by atoms with Crippen LogP contribution in [0.15, 0.2) is 35.6 Å². The molecule has 0 saturated heterocycles. The molecule has 0 aliphatic heterocycles. The number of fused-ring (bicyclic) bond motifs is 1. The Hall–Kier alpha value is -2.70. The average Bonchev–Trinajstić information content (AvgIpc) is 3.01. The summed E-state index contributed by atoms with van der Waals surface area (Å²) >= 11 is 1.16. The number of aryl methyl sites for hydroxylation is 1. The molecule has 0 aliphatic carbocycles. The minimum absolute atomic E-state index is 0.00204. The molecule has 0 radical (unpaired) electrons. The third kappa shape index (κ3) is 5.26. The maximum atomic E-state index is 13.2. The molecule has 2 aromatic heterocycles. The smallest absolute Gasteiger partial charge is 0.424 e. The fourth-order valence-corrected chi connectivity index (χ4v) is 3.26. The topological polar surface area (TPSA) is 60.0 Å². The number of thioether (sulfide) groups is 1. The minimum Gasteiger partial charge on any atom is -0.424 e. The van der Waals surface area contributed by atoms with E-state index in [-0.39, 0.29) is 16.2 Å². The van der Waals surface area contributed by atoms with Crippen LogP contribution in [-0.2, 0) is 5.75 Å². The summed E-state index contributed by atoms with van der Waals surface area (Å²) in [6.45, 7) is 1.84. The second-order valence-electron chi connectivity index (χ2n) is 5.93. The predicted octanol–water partition coefficient (Wildman–Crippen LogP) is 5.69. The van der Waals surface area contributed by atoms with Gasteiger partial charge in [-0.2, -0.15) is 17.6 Å². The van der Waals surface area contributed by atoms with Crippen molar-refractivity contribution in [3.05, 3.63) is 41.7 Å². The fraction of sp³-hybridized carbons (Fsp3) is 0.294. The van der Waals surface area contributed by atoms with Crippen molar-refractivity contribution >= 4 is 22.8 Å². The molecule has 1 aromatic carbocycles. The van der Waals surface area contributed by atoms with E-state index in [2.05, 4.69) is 24.4 Å². The van der Waals surface area contributed by atoms with Crippen molar-refractivity contribution < 1.29 is 40.2 Å². The van der Waals surface area contributed by atoms with Gasteiger partial charge in [0.25, 0.3) is 0 Å². The number of pyridine rings is 1. The zero-order valence-corrected chi connectivity index (χ0v) is 15.8. The third-order valence-electron chi connectivity index (χ3n) is 3.71. The Kier molecular flexibility index (Phi) is 6.01. The van der Waals surface area contributed by atoms with Gasteiger partial charge in [-0.15, -0.1) is 13.2 Å². The van der Waals surface area contributed by atoms with Gasteiger partial charge < -0.3 is 14.5 Å². The van der Waals surface area contributed by atoms with Gasteiger partial charge in [-0.1, -0.05) is 17.8 Å². The highest BCUT2D eigenvalue weighted by Gasteiger charge is 2.45. The molecule has 0 bridgehead atoms. The van der Waals surface area contributed by atoms with E-state index in [1.54, 1.807) is 12.3 Å². The van der Waals surface area contributed by atoms with Crippen molar-refractivity contribution in [3.8, 4) is 11.5 Å². The van der Waals surface area contributed by atoms with Gasteiger partial charge >= 0.3 is 18.9 Å². The van der Waals surface area contributed by atoms with E-state index in [1.165, 1.54) is 0 Å². The lowest BCUT2D eigenvalue weighted by Crippen LogP contribution is -2.33. The molecule has 0 unspecified atom stereocenters. The summed E-state index contributed by atoms with van der Waals surface area (Å²) in [6.07, 6.45) is -13.0. The van der Waals surface area contributed by atoms with Gasteiger partial charge in [0, 0.05) is 24.1 Å².